The van der Waals surface area contributed by atoms with Crippen LogP contribution in [-0.4, -0.2) is 104 Å². The normalized spacial score (nSPS) is 11.4. The van der Waals surface area contributed by atoms with Crippen molar-refractivity contribution in [3.8, 4) is 0 Å². The molecule has 10 nitrogen and oxygen atoms in total. The summed E-state index contributed by atoms with van der Waals surface area (Å²) in [5, 5.41) is 0. The summed E-state index contributed by atoms with van der Waals surface area (Å²) in [5.74, 6) is -0.785. The maximum absolute atomic E-state index is 12.6. The SMILES string of the molecule is C=CCOCC(COCC=C)(COCC=C)COC(=O)CCCCC(=O)OCC(COCC=C)(COCC=C)COCC=C. The van der Waals surface area contributed by atoms with Gasteiger partial charge in [-0.1, -0.05) is 36.5 Å². The Hall–Kier alpha value is -2.86. The Balaban J connectivity index is 4.96. The molecule has 10 heteroatoms. The molecule has 0 aromatic rings. The van der Waals surface area contributed by atoms with E-state index in [4.69, 9.17) is 37.9 Å². The van der Waals surface area contributed by atoms with Gasteiger partial charge in [0.1, 0.15) is 13.2 Å². The van der Waals surface area contributed by atoms with Crippen LogP contribution >= 0.6 is 0 Å². The topological polar surface area (TPSA) is 108 Å². The number of unbranched alkanes of at least 4 members (excludes halogenated alkanes) is 1. The quantitative estimate of drug-likeness (QED) is 0.0574. The van der Waals surface area contributed by atoms with E-state index in [-0.39, 0.29) is 65.7 Å². The van der Waals surface area contributed by atoms with E-state index in [9.17, 15) is 9.59 Å². The summed E-state index contributed by atoms with van der Waals surface area (Å²) >= 11 is 0. The minimum absolute atomic E-state index is 0.0388. The van der Waals surface area contributed by atoms with Crippen molar-refractivity contribution in [2.75, 3.05) is 92.5 Å². The van der Waals surface area contributed by atoms with Crippen molar-refractivity contribution in [1.29, 1.82) is 0 Å². The molecule has 0 aliphatic rings. The zero-order chi connectivity index (χ0) is 32.8. The van der Waals surface area contributed by atoms with E-state index in [1.54, 1.807) is 36.5 Å². The summed E-state index contributed by atoms with van der Waals surface area (Å²) in [4.78, 5) is 25.2. The van der Waals surface area contributed by atoms with Gasteiger partial charge in [-0.05, 0) is 12.8 Å². The molecule has 0 fully saturated rings. The molecule has 0 aromatic carbocycles. The van der Waals surface area contributed by atoms with Gasteiger partial charge in [-0.2, -0.15) is 0 Å². The van der Waals surface area contributed by atoms with E-state index in [1.165, 1.54) is 0 Å². The molecule has 0 radical (unpaired) electrons. The first-order chi connectivity index (χ1) is 21.4. The average molecular weight is 623 g/mol. The van der Waals surface area contributed by atoms with Gasteiger partial charge in [-0.25, -0.2) is 0 Å². The van der Waals surface area contributed by atoms with Crippen LogP contribution in [0.4, 0.5) is 0 Å². The van der Waals surface area contributed by atoms with Crippen molar-refractivity contribution in [3.63, 3.8) is 0 Å². The minimum Gasteiger partial charge on any atom is -0.465 e. The van der Waals surface area contributed by atoms with Crippen LogP contribution in [0.25, 0.3) is 0 Å². The van der Waals surface area contributed by atoms with Gasteiger partial charge in [0.05, 0.1) is 90.1 Å². The standard InChI is InChI=1S/C34H54O10/c1-7-17-37-23-33(24-38-18-8-2,25-39-19-9-3)29-43-31(35)15-13-14-16-32(36)44-30-34(26-40-20-10-4,27-41-21-11-5)28-42-22-12-6/h7-12H,1-6,13-30H2. The monoisotopic (exact) mass is 622 g/mol. The molecular formula is C34H54O10. The fourth-order valence-electron chi connectivity index (χ4n) is 3.80. The number of hydrogen-bond donors (Lipinski definition) is 0. The third kappa shape index (κ3) is 20.9. The number of ether oxygens (including phenoxy) is 8. The molecule has 0 saturated heterocycles. The summed E-state index contributed by atoms with van der Waals surface area (Å²) in [6, 6.07) is 0. The van der Waals surface area contributed by atoms with Crippen molar-refractivity contribution in [3.05, 3.63) is 75.9 Å². The molecule has 0 aromatic heterocycles. The first kappa shape index (κ1) is 41.1. The van der Waals surface area contributed by atoms with Gasteiger partial charge in [0.25, 0.3) is 0 Å². The largest absolute Gasteiger partial charge is 0.465 e. The predicted octanol–water partition coefficient (Wildman–Crippen LogP) is 4.82. The second-order valence-corrected chi connectivity index (χ2v) is 10.4. The van der Waals surface area contributed by atoms with Gasteiger partial charge < -0.3 is 37.9 Å². The lowest BCUT2D eigenvalue weighted by Crippen LogP contribution is -2.42. The molecule has 250 valence electrons. The molecule has 0 amide bonds. The van der Waals surface area contributed by atoms with Gasteiger partial charge >= 0.3 is 11.9 Å². The summed E-state index contributed by atoms with van der Waals surface area (Å²) in [6.07, 6.45) is 11.0. The van der Waals surface area contributed by atoms with Crippen LogP contribution in [0.2, 0.25) is 0 Å². The molecule has 0 unspecified atom stereocenters. The van der Waals surface area contributed by atoms with Crippen molar-refractivity contribution in [2.24, 2.45) is 10.8 Å². The van der Waals surface area contributed by atoms with Crippen LogP contribution in [0, 0.1) is 10.8 Å². The fourth-order valence-corrected chi connectivity index (χ4v) is 3.80. The Morgan fingerprint density at radius 2 is 0.636 bits per heavy atom. The lowest BCUT2D eigenvalue weighted by Gasteiger charge is -2.32. The zero-order valence-corrected chi connectivity index (χ0v) is 26.5. The number of rotatable bonds is 33. The molecule has 0 heterocycles. The summed E-state index contributed by atoms with van der Waals surface area (Å²) in [5.41, 5.74) is -1.44. The third-order valence-electron chi connectivity index (χ3n) is 5.95. The molecule has 44 heavy (non-hydrogen) atoms. The molecule has 0 N–H and O–H groups in total. The van der Waals surface area contributed by atoms with E-state index in [0.29, 0.717) is 52.5 Å². The van der Waals surface area contributed by atoms with Crippen molar-refractivity contribution in [1.82, 2.24) is 0 Å². The maximum Gasteiger partial charge on any atom is 0.305 e. The van der Waals surface area contributed by atoms with Crippen LogP contribution in [0.5, 0.6) is 0 Å². The molecule has 0 bridgehead atoms. The van der Waals surface area contributed by atoms with Crippen LogP contribution in [0.15, 0.2) is 75.9 Å². The average Bonchev–Trinajstić information content (AvgIpc) is 3.02. The lowest BCUT2D eigenvalue weighted by atomic mass is 9.92. The van der Waals surface area contributed by atoms with Crippen molar-refractivity contribution >= 4 is 11.9 Å². The summed E-state index contributed by atoms with van der Waals surface area (Å²) in [6.45, 7) is 25.5. The molecule has 0 aliphatic carbocycles. The third-order valence-corrected chi connectivity index (χ3v) is 5.95. The Morgan fingerprint density at radius 1 is 0.409 bits per heavy atom. The first-order valence-electron chi connectivity index (χ1n) is 14.8. The predicted molar refractivity (Wildman–Crippen MR) is 171 cm³/mol. The minimum atomic E-state index is -0.721. The Morgan fingerprint density at radius 3 is 0.841 bits per heavy atom. The highest BCUT2D eigenvalue weighted by Gasteiger charge is 2.35. The van der Waals surface area contributed by atoms with Crippen LogP contribution < -0.4 is 0 Å². The van der Waals surface area contributed by atoms with Crippen LogP contribution in [-0.2, 0) is 47.5 Å². The Bertz CT molecular complexity index is 698. The summed E-state index contributed by atoms with van der Waals surface area (Å²) < 4.78 is 45.3. The zero-order valence-electron chi connectivity index (χ0n) is 26.5. The van der Waals surface area contributed by atoms with E-state index < -0.39 is 22.8 Å². The second-order valence-electron chi connectivity index (χ2n) is 10.4. The molecule has 0 rings (SSSR count). The highest BCUT2D eigenvalue weighted by Crippen LogP contribution is 2.23. The molecular weight excluding hydrogens is 568 g/mol. The van der Waals surface area contributed by atoms with Crippen molar-refractivity contribution in [2.45, 2.75) is 25.7 Å². The van der Waals surface area contributed by atoms with E-state index in [0.717, 1.165) is 0 Å². The number of carbonyl (C=O) groups excluding carboxylic acids is 2. The smallest absolute Gasteiger partial charge is 0.305 e. The number of esters is 2. The van der Waals surface area contributed by atoms with Gasteiger partial charge in [-0.15, -0.1) is 39.5 Å². The Kier molecular flexibility index (Phi) is 25.9. The highest BCUT2D eigenvalue weighted by molar-refractivity contribution is 5.70. The van der Waals surface area contributed by atoms with Gasteiger partial charge in [0.2, 0.25) is 0 Å². The lowest BCUT2D eigenvalue weighted by molar-refractivity contribution is -0.157. The van der Waals surface area contributed by atoms with Crippen molar-refractivity contribution < 1.29 is 47.5 Å². The fraction of sp³-hybridized carbons (Fsp3) is 0.588. The van der Waals surface area contributed by atoms with Crippen LogP contribution in [0.3, 0.4) is 0 Å². The Labute approximate surface area is 264 Å². The molecule has 0 spiro atoms. The van der Waals surface area contributed by atoms with E-state index in [2.05, 4.69) is 39.5 Å². The van der Waals surface area contributed by atoms with Gasteiger partial charge in [0.15, 0.2) is 0 Å². The highest BCUT2D eigenvalue weighted by atomic mass is 16.6. The molecule has 0 aliphatic heterocycles. The van der Waals surface area contributed by atoms with Gasteiger partial charge in [0, 0.05) is 12.8 Å². The summed E-state index contributed by atoms with van der Waals surface area (Å²) in [7, 11) is 0. The number of hydrogen-bond acceptors (Lipinski definition) is 10. The maximum atomic E-state index is 12.6. The number of carbonyl (C=O) groups is 2. The second kappa shape index (κ2) is 27.7. The van der Waals surface area contributed by atoms with Crippen LogP contribution in [0.1, 0.15) is 25.7 Å². The molecule has 0 atom stereocenters. The first-order valence-corrected chi connectivity index (χ1v) is 14.8. The van der Waals surface area contributed by atoms with E-state index >= 15 is 0 Å². The van der Waals surface area contributed by atoms with E-state index in [1.807, 2.05) is 0 Å². The van der Waals surface area contributed by atoms with Gasteiger partial charge in [-0.3, -0.25) is 9.59 Å². The molecule has 0 saturated carbocycles.